The van der Waals surface area contributed by atoms with Crippen LogP contribution >= 0.6 is 11.6 Å². The van der Waals surface area contributed by atoms with Crippen molar-refractivity contribution in [2.24, 2.45) is 0 Å². The monoisotopic (exact) mass is 272 g/mol. The fourth-order valence-electron chi connectivity index (χ4n) is 1.93. The molecule has 0 aromatic carbocycles. The molecule has 1 rings (SSSR count). The van der Waals surface area contributed by atoms with E-state index >= 15 is 0 Å². The number of hydrogen-bond acceptors (Lipinski definition) is 3. The summed E-state index contributed by atoms with van der Waals surface area (Å²) in [7, 11) is 2.12. The number of nitrogens with zero attached hydrogens (tertiary/aromatic N) is 3. The number of hydrogen-bond donors (Lipinski definition) is 1. The van der Waals surface area contributed by atoms with Crippen LogP contribution in [0, 0.1) is 6.92 Å². The Morgan fingerprint density at radius 1 is 1.33 bits per heavy atom. The van der Waals surface area contributed by atoms with Gasteiger partial charge >= 0.3 is 0 Å². The highest BCUT2D eigenvalue weighted by Gasteiger charge is 2.13. The van der Waals surface area contributed by atoms with Crippen molar-refractivity contribution in [3.05, 3.63) is 16.4 Å². The first kappa shape index (κ1) is 15.5. The first-order valence-electron chi connectivity index (χ1n) is 6.71. The van der Waals surface area contributed by atoms with Gasteiger partial charge in [0.2, 0.25) is 0 Å². The van der Waals surface area contributed by atoms with Gasteiger partial charge in [0, 0.05) is 26.2 Å². The van der Waals surface area contributed by atoms with E-state index in [4.69, 9.17) is 11.6 Å². The molecule has 1 aromatic heterocycles. The fraction of sp³-hybridized carbons (Fsp3) is 0.769. The number of likely N-dealkylation sites (N-methyl/N-ethyl adjacent to an activating group) is 1. The molecule has 0 fully saturated rings. The molecule has 104 valence electrons. The molecule has 1 heterocycles. The van der Waals surface area contributed by atoms with Crippen LogP contribution in [0.15, 0.2) is 0 Å². The van der Waals surface area contributed by atoms with Crippen molar-refractivity contribution in [1.29, 1.82) is 0 Å². The van der Waals surface area contributed by atoms with Crippen molar-refractivity contribution < 1.29 is 0 Å². The van der Waals surface area contributed by atoms with E-state index in [1.165, 1.54) is 6.42 Å². The van der Waals surface area contributed by atoms with Crippen LogP contribution in [0.4, 0.5) is 0 Å². The van der Waals surface area contributed by atoms with Crippen molar-refractivity contribution in [2.45, 2.75) is 40.3 Å². The maximum absolute atomic E-state index is 6.29. The summed E-state index contributed by atoms with van der Waals surface area (Å²) >= 11 is 6.29. The van der Waals surface area contributed by atoms with Crippen LogP contribution in [-0.2, 0) is 13.1 Å². The van der Waals surface area contributed by atoms with E-state index in [9.17, 15) is 0 Å². The van der Waals surface area contributed by atoms with Gasteiger partial charge in [-0.25, -0.2) is 0 Å². The topological polar surface area (TPSA) is 33.1 Å². The highest BCUT2D eigenvalue weighted by atomic mass is 35.5. The van der Waals surface area contributed by atoms with Crippen LogP contribution in [-0.4, -0.2) is 41.4 Å². The van der Waals surface area contributed by atoms with Crippen molar-refractivity contribution in [2.75, 3.05) is 26.7 Å². The molecule has 0 bridgehead atoms. The first-order chi connectivity index (χ1) is 8.60. The minimum absolute atomic E-state index is 0.810. The molecular weight excluding hydrogens is 248 g/mol. The fourth-order valence-corrected chi connectivity index (χ4v) is 2.12. The van der Waals surface area contributed by atoms with Crippen LogP contribution in [0.5, 0.6) is 0 Å². The van der Waals surface area contributed by atoms with Gasteiger partial charge in [0.25, 0.3) is 0 Å². The third-order valence-corrected chi connectivity index (χ3v) is 3.46. The molecule has 0 unspecified atom stereocenters. The Bertz CT molecular complexity index is 362. The van der Waals surface area contributed by atoms with E-state index in [1.54, 1.807) is 0 Å². The van der Waals surface area contributed by atoms with Gasteiger partial charge in [0.05, 0.1) is 16.4 Å². The van der Waals surface area contributed by atoms with Crippen molar-refractivity contribution in [3.63, 3.8) is 0 Å². The average molecular weight is 273 g/mol. The van der Waals surface area contributed by atoms with Crippen LogP contribution in [0.25, 0.3) is 0 Å². The quantitative estimate of drug-likeness (QED) is 0.737. The predicted octanol–water partition coefficient (Wildman–Crippen LogP) is 2.30. The van der Waals surface area contributed by atoms with E-state index in [0.29, 0.717) is 0 Å². The number of aromatic nitrogens is 2. The second-order valence-corrected chi connectivity index (χ2v) is 5.03. The summed E-state index contributed by atoms with van der Waals surface area (Å²) in [4.78, 5) is 2.27. The molecule has 0 saturated carbocycles. The van der Waals surface area contributed by atoms with Crippen molar-refractivity contribution in [1.82, 2.24) is 20.0 Å². The molecule has 5 heteroatoms. The zero-order chi connectivity index (χ0) is 13.5. The molecular formula is C13H25ClN4. The predicted molar refractivity (Wildman–Crippen MR) is 77.1 cm³/mol. The summed E-state index contributed by atoms with van der Waals surface area (Å²) in [5.74, 6) is 0. The lowest BCUT2D eigenvalue weighted by Crippen LogP contribution is -2.30. The number of nitrogens with one attached hydrogen (secondary N) is 1. The Balaban J connectivity index is 2.50. The van der Waals surface area contributed by atoms with Crippen LogP contribution in [0.1, 0.15) is 31.7 Å². The van der Waals surface area contributed by atoms with Gasteiger partial charge in [-0.15, -0.1) is 0 Å². The summed E-state index contributed by atoms with van der Waals surface area (Å²) < 4.78 is 1.99. The Morgan fingerprint density at radius 3 is 2.67 bits per heavy atom. The van der Waals surface area contributed by atoms with E-state index in [1.807, 2.05) is 11.6 Å². The second kappa shape index (κ2) is 7.77. The molecule has 1 aromatic rings. The lowest BCUT2D eigenvalue weighted by atomic mass is 10.3. The molecule has 0 atom stereocenters. The zero-order valence-electron chi connectivity index (χ0n) is 12.0. The maximum atomic E-state index is 6.29. The largest absolute Gasteiger partial charge is 0.315 e. The minimum Gasteiger partial charge on any atom is -0.315 e. The SMILES string of the molecule is CCCNCCN(C)Cc1c(Cl)c(C)nn1CC. The molecule has 0 spiro atoms. The summed E-state index contributed by atoms with van der Waals surface area (Å²) in [6, 6.07) is 0. The highest BCUT2D eigenvalue weighted by molar-refractivity contribution is 6.31. The Morgan fingerprint density at radius 2 is 2.06 bits per heavy atom. The van der Waals surface area contributed by atoms with E-state index in [0.717, 1.165) is 49.1 Å². The smallest absolute Gasteiger partial charge is 0.0860 e. The molecule has 18 heavy (non-hydrogen) atoms. The third-order valence-electron chi connectivity index (χ3n) is 2.97. The summed E-state index contributed by atoms with van der Waals surface area (Å²) in [6.07, 6.45) is 1.18. The van der Waals surface area contributed by atoms with E-state index < -0.39 is 0 Å². The Labute approximate surface area is 115 Å². The van der Waals surface area contributed by atoms with Gasteiger partial charge in [0.15, 0.2) is 0 Å². The zero-order valence-corrected chi connectivity index (χ0v) is 12.7. The van der Waals surface area contributed by atoms with Gasteiger partial charge < -0.3 is 5.32 Å². The van der Waals surface area contributed by atoms with Crippen molar-refractivity contribution >= 4 is 11.6 Å². The minimum atomic E-state index is 0.810. The van der Waals surface area contributed by atoms with Gasteiger partial charge in [-0.1, -0.05) is 18.5 Å². The van der Waals surface area contributed by atoms with Gasteiger partial charge in [0.1, 0.15) is 0 Å². The Hall–Kier alpha value is -0.580. The second-order valence-electron chi connectivity index (χ2n) is 4.65. The highest BCUT2D eigenvalue weighted by Crippen LogP contribution is 2.21. The number of halogens is 1. The third kappa shape index (κ3) is 4.26. The number of aryl methyl sites for hydroxylation is 2. The van der Waals surface area contributed by atoms with E-state index in [2.05, 4.69) is 36.2 Å². The lowest BCUT2D eigenvalue weighted by molar-refractivity contribution is 0.313. The molecule has 1 N–H and O–H groups in total. The molecule has 0 aliphatic heterocycles. The maximum Gasteiger partial charge on any atom is 0.0860 e. The average Bonchev–Trinajstić information content (AvgIpc) is 2.62. The molecule has 0 aliphatic carbocycles. The van der Waals surface area contributed by atoms with Gasteiger partial charge in [-0.05, 0) is 33.9 Å². The van der Waals surface area contributed by atoms with Crippen LogP contribution in [0.3, 0.4) is 0 Å². The standard InChI is InChI=1S/C13H25ClN4/c1-5-7-15-8-9-17(4)10-12-13(14)11(3)16-18(12)6-2/h15H,5-10H2,1-4H3. The molecule has 0 amide bonds. The van der Waals surface area contributed by atoms with Crippen LogP contribution in [0.2, 0.25) is 5.02 Å². The van der Waals surface area contributed by atoms with Crippen LogP contribution < -0.4 is 5.32 Å². The molecule has 0 saturated heterocycles. The van der Waals surface area contributed by atoms with Gasteiger partial charge in [-0.3, -0.25) is 9.58 Å². The molecule has 0 aliphatic rings. The van der Waals surface area contributed by atoms with Crippen molar-refractivity contribution in [3.8, 4) is 0 Å². The molecule has 0 radical (unpaired) electrons. The van der Waals surface area contributed by atoms with E-state index in [-0.39, 0.29) is 0 Å². The summed E-state index contributed by atoms with van der Waals surface area (Å²) in [5, 5.41) is 8.65. The lowest BCUT2D eigenvalue weighted by Gasteiger charge is -2.17. The Kier molecular flexibility index (Phi) is 6.68. The first-order valence-corrected chi connectivity index (χ1v) is 7.08. The molecule has 4 nitrogen and oxygen atoms in total. The number of rotatable bonds is 8. The summed E-state index contributed by atoms with van der Waals surface area (Å²) in [5.41, 5.74) is 2.04. The summed E-state index contributed by atoms with van der Waals surface area (Å²) in [6.45, 7) is 11.1. The normalized spacial score (nSPS) is 11.4. The van der Waals surface area contributed by atoms with Gasteiger partial charge in [-0.2, -0.15) is 5.10 Å².